The molecule has 1 aliphatic heterocycles. The first-order valence-corrected chi connectivity index (χ1v) is 16.9. The van der Waals surface area contributed by atoms with Crippen LogP contribution in [0.2, 0.25) is 13.1 Å². The van der Waals surface area contributed by atoms with Crippen LogP contribution in [0.15, 0.2) is 42.0 Å². The maximum absolute atomic E-state index is 13.6. The van der Waals surface area contributed by atoms with Gasteiger partial charge >= 0.3 is 0 Å². The molecule has 1 aromatic rings. The molecule has 1 saturated heterocycles. The molecule has 202 valence electrons. The van der Waals surface area contributed by atoms with Crippen molar-refractivity contribution in [3.8, 4) is 0 Å². The van der Waals surface area contributed by atoms with Crippen LogP contribution in [-0.2, 0) is 14.8 Å². The van der Waals surface area contributed by atoms with Crippen LogP contribution in [-0.4, -0.2) is 56.7 Å². The van der Waals surface area contributed by atoms with Crippen LogP contribution in [0.5, 0.6) is 0 Å². The third kappa shape index (κ3) is 7.53. The summed E-state index contributed by atoms with van der Waals surface area (Å²) in [7, 11) is -1.09. The second-order valence-corrected chi connectivity index (χ2v) is 14.7. The van der Waals surface area contributed by atoms with Crippen molar-refractivity contribution in [3.05, 3.63) is 47.5 Å². The van der Waals surface area contributed by atoms with E-state index in [1.807, 2.05) is 30.3 Å². The highest BCUT2D eigenvalue weighted by molar-refractivity contribution is 6.48. The smallest absolute Gasteiger partial charge is 0.257 e. The molecule has 0 radical (unpaired) electrons. The van der Waals surface area contributed by atoms with E-state index in [0.717, 1.165) is 70.2 Å². The van der Waals surface area contributed by atoms with Gasteiger partial charge in [0.25, 0.3) is 5.91 Å². The zero-order valence-electron chi connectivity index (χ0n) is 23.6. The van der Waals surface area contributed by atoms with Gasteiger partial charge in [-0.2, -0.15) is 0 Å². The number of allylic oxidation sites excluding steroid dienone is 1. The zero-order valence-corrected chi connectivity index (χ0v) is 24.7. The van der Waals surface area contributed by atoms with E-state index in [-0.39, 0.29) is 23.3 Å². The number of amides is 1. The molecule has 2 aliphatic rings. The molecule has 1 aromatic carbocycles. The summed E-state index contributed by atoms with van der Waals surface area (Å²) in [6.07, 6.45) is 9.16. The number of nitrogens with zero attached hydrogens (tertiary/aromatic N) is 1. The van der Waals surface area contributed by atoms with Gasteiger partial charge in [-0.1, -0.05) is 75.6 Å². The Labute approximate surface area is 221 Å². The lowest BCUT2D eigenvalue weighted by atomic mass is 9.79. The zero-order chi connectivity index (χ0) is 26.3. The van der Waals surface area contributed by atoms with Crippen molar-refractivity contribution < 1.29 is 14.3 Å². The van der Waals surface area contributed by atoms with Gasteiger partial charge in [-0.15, -0.1) is 0 Å². The lowest BCUT2D eigenvalue weighted by molar-refractivity contribution is -0.148. The Morgan fingerprint density at radius 2 is 1.75 bits per heavy atom. The summed E-state index contributed by atoms with van der Waals surface area (Å²) in [5.74, 6) is -0.229. The van der Waals surface area contributed by atoms with E-state index in [9.17, 15) is 9.90 Å². The summed E-state index contributed by atoms with van der Waals surface area (Å²) in [4.78, 5) is 16.1. The van der Waals surface area contributed by atoms with Crippen molar-refractivity contribution in [3.63, 3.8) is 0 Å². The van der Waals surface area contributed by atoms with E-state index < -0.39 is 14.6 Å². The van der Waals surface area contributed by atoms with Gasteiger partial charge in [-0.3, -0.25) is 9.69 Å². The minimum atomic E-state index is -1.44. The van der Waals surface area contributed by atoms with Gasteiger partial charge in [-0.25, -0.2) is 0 Å². The fourth-order valence-electron chi connectivity index (χ4n) is 5.54. The summed E-state index contributed by atoms with van der Waals surface area (Å²) in [6, 6.07) is 10.0. The number of likely N-dealkylation sites (tertiary alicyclic amines) is 1. The minimum absolute atomic E-state index is 0.0143. The third-order valence-corrected chi connectivity index (χ3v) is 9.25. The molecule has 1 aliphatic carbocycles. The summed E-state index contributed by atoms with van der Waals surface area (Å²) in [6.45, 7) is 16.1. The fourth-order valence-corrected chi connectivity index (χ4v) is 6.14. The van der Waals surface area contributed by atoms with Crippen LogP contribution in [0.25, 0.3) is 0 Å². The number of carbonyl (C=O) groups is 1. The van der Waals surface area contributed by atoms with E-state index in [4.69, 9.17) is 4.43 Å². The maximum Gasteiger partial charge on any atom is 0.257 e. The quantitative estimate of drug-likeness (QED) is 0.324. The van der Waals surface area contributed by atoms with Gasteiger partial charge in [0.15, 0.2) is 14.6 Å². The first-order valence-electron chi connectivity index (χ1n) is 14.1. The first-order chi connectivity index (χ1) is 17.0. The minimum Gasteiger partial charge on any atom is -0.419 e. The standard InChI is InChI=1S/C30H50N2O3Si/c1-23(29(2,3)4)16-17-27(22-35-36(5)6)32-20-18-26(19-21-32)31-28(33)30(34,25-14-10-11-15-25)24-12-8-7-9-13-24/h7-9,12-13,16,25-27,34,36H,10-11,14-15,17-22H2,1-6H3,(H,31,33)/b23-16+. The third-order valence-electron chi connectivity index (χ3n) is 8.39. The first kappa shape index (κ1) is 29.1. The lowest BCUT2D eigenvalue weighted by Crippen LogP contribution is -2.55. The molecule has 1 saturated carbocycles. The number of carbonyl (C=O) groups excluding carboxylic acids is 1. The number of nitrogens with one attached hydrogen (secondary N) is 1. The van der Waals surface area contributed by atoms with Gasteiger partial charge in [0.05, 0.1) is 0 Å². The number of piperidine rings is 1. The highest BCUT2D eigenvalue weighted by Gasteiger charge is 2.47. The van der Waals surface area contributed by atoms with E-state index in [1.54, 1.807) is 0 Å². The topological polar surface area (TPSA) is 61.8 Å². The maximum atomic E-state index is 13.6. The van der Waals surface area contributed by atoms with Crippen LogP contribution in [0.1, 0.15) is 78.2 Å². The van der Waals surface area contributed by atoms with Gasteiger partial charge < -0.3 is 14.8 Å². The second-order valence-electron chi connectivity index (χ2n) is 12.3. The van der Waals surface area contributed by atoms with Crippen LogP contribution in [0, 0.1) is 11.3 Å². The number of aliphatic hydroxyl groups is 1. The Morgan fingerprint density at radius 1 is 1.14 bits per heavy atom. The normalized spacial score (nSPS) is 21.5. The highest BCUT2D eigenvalue weighted by Crippen LogP contribution is 2.41. The van der Waals surface area contributed by atoms with Crippen LogP contribution in [0.4, 0.5) is 0 Å². The van der Waals surface area contributed by atoms with E-state index in [1.165, 1.54) is 5.57 Å². The second kappa shape index (κ2) is 12.9. The molecule has 2 unspecified atom stereocenters. The molecule has 0 spiro atoms. The van der Waals surface area contributed by atoms with E-state index in [0.29, 0.717) is 6.04 Å². The largest absolute Gasteiger partial charge is 0.419 e. The average Bonchev–Trinajstić information content (AvgIpc) is 3.39. The number of hydrogen-bond donors (Lipinski definition) is 2. The summed E-state index contributed by atoms with van der Waals surface area (Å²) >= 11 is 0. The molecular weight excluding hydrogens is 464 g/mol. The van der Waals surface area contributed by atoms with Crippen LogP contribution in [0.3, 0.4) is 0 Å². The van der Waals surface area contributed by atoms with Crippen molar-refractivity contribution in [2.75, 3.05) is 19.7 Å². The molecular formula is C30H50N2O3Si. The predicted molar refractivity (Wildman–Crippen MR) is 151 cm³/mol. The molecule has 36 heavy (non-hydrogen) atoms. The van der Waals surface area contributed by atoms with E-state index in [2.05, 4.69) is 57.1 Å². The SMILES string of the molecule is C/C(=C\CC(CO[SiH](C)C)N1CCC(NC(=O)C(O)(c2ccccc2)C2CCCC2)CC1)C(C)(C)C. The molecule has 1 amide bonds. The molecule has 3 rings (SSSR count). The van der Waals surface area contributed by atoms with Crippen molar-refractivity contribution in [1.29, 1.82) is 0 Å². The van der Waals surface area contributed by atoms with Crippen molar-refractivity contribution >= 4 is 14.9 Å². The number of hydrogen-bond acceptors (Lipinski definition) is 4. The Morgan fingerprint density at radius 3 is 2.31 bits per heavy atom. The average molecular weight is 515 g/mol. The highest BCUT2D eigenvalue weighted by atomic mass is 28.3. The molecule has 1 heterocycles. The van der Waals surface area contributed by atoms with Gasteiger partial charge in [0.2, 0.25) is 0 Å². The molecule has 0 aromatic heterocycles. The summed E-state index contributed by atoms with van der Waals surface area (Å²) in [5, 5.41) is 15.1. The van der Waals surface area contributed by atoms with Crippen LogP contribution >= 0.6 is 0 Å². The number of rotatable bonds is 10. The molecule has 6 heteroatoms. The van der Waals surface area contributed by atoms with Crippen molar-refractivity contribution in [2.24, 2.45) is 11.3 Å². The number of benzene rings is 1. The van der Waals surface area contributed by atoms with Crippen molar-refractivity contribution in [1.82, 2.24) is 10.2 Å². The monoisotopic (exact) mass is 514 g/mol. The Bertz CT molecular complexity index is 853. The molecule has 5 nitrogen and oxygen atoms in total. The van der Waals surface area contributed by atoms with Gasteiger partial charge in [-0.05, 0) is 63.1 Å². The van der Waals surface area contributed by atoms with Crippen molar-refractivity contribution in [2.45, 2.75) is 103 Å². The predicted octanol–water partition coefficient (Wildman–Crippen LogP) is 5.40. The Hall–Kier alpha value is -1.47. The Kier molecular flexibility index (Phi) is 10.4. The fraction of sp³-hybridized carbons (Fsp3) is 0.700. The molecule has 0 bridgehead atoms. The van der Waals surface area contributed by atoms with Crippen LogP contribution < -0.4 is 5.32 Å². The van der Waals surface area contributed by atoms with E-state index >= 15 is 0 Å². The summed E-state index contributed by atoms with van der Waals surface area (Å²) < 4.78 is 6.18. The Balaban J connectivity index is 1.64. The van der Waals surface area contributed by atoms with Gasteiger partial charge in [0, 0.05) is 37.7 Å². The molecule has 2 atom stereocenters. The molecule has 2 N–H and O–H groups in total. The van der Waals surface area contributed by atoms with Gasteiger partial charge in [0.1, 0.15) is 0 Å². The summed E-state index contributed by atoms with van der Waals surface area (Å²) in [5.41, 5.74) is 0.888. The molecule has 2 fully saturated rings. The lowest BCUT2D eigenvalue weighted by Gasteiger charge is -2.40.